The molecular weight excluding hydrogens is 370 g/mol. The third-order valence-electron chi connectivity index (χ3n) is 3.89. The molecule has 0 aliphatic rings. The highest BCUT2D eigenvalue weighted by atomic mass is 32.1. The van der Waals surface area contributed by atoms with Crippen LogP contribution in [0, 0.1) is 6.92 Å². The van der Waals surface area contributed by atoms with Crippen molar-refractivity contribution >= 4 is 29.2 Å². The van der Waals surface area contributed by atoms with E-state index >= 15 is 0 Å². The zero-order valence-corrected chi connectivity index (χ0v) is 16.4. The molecule has 2 rings (SSSR count). The number of ether oxygens (including phenoxy) is 3. The summed E-state index contributed by atoms with van der Waals surface area (Å²) in [6, 6.07) is 6.17. The maximum absolute atomic E-state index is 12.3. The van der Waals surface area contributed by atoms with Gasteiger partial charge in [-0.3, -0.25) is 4.79 Å². The molecule has 0 bridgehead atoms. The van der Waals surface area contributed by atoms with Crippen molar-refractivity contribution in [1.82, 2.24) is 4.90 Å². The lowest BCUT2D eigenvalue weighted by Crippen LogP contribution is -2.30. The van der Waals surface area contributed by atoms with Gasteiger partial charge in [0.2, 0.25) is 0 Å². The first-order valence-corrected chi connectivity index (χ1v) is 8.95. The number of carbonyl (C=O) groups excluding carboxylic acids is 3. The Morgan fingerprint density at radius 1 is 1.04 bits per heavy atom. The third-order valence-corrected chi connectivity index (χ3v) is 4.89. The highest BCUT2D eigenvalue weighted by Gasteiger charge is 2.16. The fourth-order valence-electron chi connectivity index (χ4n) is 2.28. The molecule has 2 aromatic rings. The van der Waals surface area contributed by atoms with E-state index in [1.807, 2.05) is 18.4 Å². The van der Waals surface area contributed by atoms with Gasteiger partial charge in [-0.1, -0.05) is 0 Å². The standard InChI is InChI=1S/C19H21NO6S/c1-12-5-6-27-16(12)10-20(2)17(21)11-26-15-8-13(18(22)24-3)7-14(9-15)19(23)25-4/h5-9H,10-11H2,1-4H3. The fourth-order valence-corrected chi connectivity index (χ4v) is 3.24. The molecule has 1 heterocycles. The minimum absolute atomic E-state index is 0.130. The minimum atomic E-state index is -0.623. The maximum Gasteiger partial charge on any atom is 0.338 e. The summed E-state index contributed by atoms with van der Waals surface area (Å²) in [6.07, 6.45) is 0. The van der Waals surface area contributed by atoms with Gasteiger partial charge in [0.1, 0.15) is 5.75 Å². The lowest BCUT2D eigenvalue weighted by molar-refractivity contribution is -0.132. The smallest absolute Gasteiger partial charge is 0.338 e. The molecule has 0 unspecified atom stereocenters. The Labute approximate surface area is 161 Å². The van der Waals surface area contributed by atoms with E-state index in [1.165, 1.54) is 32.4 Å². The topological polar surface area (TPSA) is 82.1 Å². The molecule has 0 aliphatic heterocycles. The number of carbonyl (C=O) groups is 3. The summed E-state index contributed by atoms with van der Waals surface area (Å²) in [4.78, 5) is 38.6. The monoisotopic (exact) mass is 391 g/mol. The molecule has 0 saturated heterocycles. The number of benzene rings is 1. The molecule has 0 aliphatic carbocycles. The van der Waals surface area contributed by atoms with E-state index in [0.717, 1.165) is 10.4 Å². The van der Waals surface area contributed by atoms with Crippen molar-refractivity contribution in [3.8, 4) is 5.75 Å². The van der Waals surface area contributed by atoms with Crippen LogP contribution in [0.1, 0.15) is 31.2 Å². The normalized spacial score (nSPS) is 10.2. The number of methoxy groups -OCH3 is 2. The molecule has 27 heavy (non-hydrogen) atoms. The van der Waals surface area contributed by atoms with Gasteiger partial charge in [-0.05, 0) is 42.1 Å². The average Bonchev–Trinajstić information content (AvgIpc) is 3.08. The number of amides is 1. The lowest BCUT2D eigenvalue weighted by atomic mass is 10.1. The van der Waals surface area contributed by atoms with Gasteiger partial charge in [-0.15, -0.1) is 11.3 Å². The number of esters is 2. The maximum atomic E-state index is 12.3. The SMILES string of the molecule is COC(=O)c1cc(OCC(=O)N(C)Cc2sccc2C)cc(C(=O)OC)c1. The van der Waals surface area contributed by atoms with Crippen molar-refractivity contribution < 1.29 is 28.6 Å². The van der Waals surface area contributed by atoms with Crippen LogP contribution in [0.25, 0.3) is 0 Å². The van der Waals surface area contributed by atoms with E-state index in [4.69, 9.17) is 4.74 Å². The van der Waals surface area contributed by atoms with Crippen LogP contribution in [-0.2, 0) is 20.8 Å². The van der Waals surface area contributed by atoms with Crippen molar-refractivity contribution in [2.24, 2.45) is 0 Å². The van der Waals surface area contributed by atoms with E-state index in [1.54, 1.807) is 23.3 Å². The lowest BCUT2D eigenvalue weighted by Gasteiger charge is -2.17. The molecule has 0 saturated carbocycles. The summed E-state index contributed by atoms with van der Waals surface area (Å²) >= 11 is 1.59. The molecule has 0 atom stereocenters. The largest absolute Gasteiger partial charge is 0.484 e. The second kappa shape index (κ2) is 9.18. The number of nitrogens with zero attached hydrogens (tertiary/aromatic N) is 1. The van der Waals surface area contributed by atoms with Crippen molar-refractivity contribution in [2.75, 3.05) is 27.9 Å². The zero-order valence-electron chi connectivity index (χ0n) is 15.6. The number of rotatable bonds is 7. The summed E-state index contributed by atoms with van der Waals surface area (Å²) in [5.41, 5.74) is 1.39. The highest BCUT2D eigenvalue weighted by Crippen LogP contribution is 2.20. The van der Waals surface area contributed by atoms with Crippen molar-refractivity contribution in [1.29, 1.82) is 0 Å². The number of likely N-dealkylation sites (N-methyl/N-ethyl adjacent to an activating group) is 1. The van der Waals surface area contributed by atoms with Crippen molar-refractivity contribution in [2.45, 2.75) is 13.5 Å². The minimum Gasteiger partial charge on any atom is -0.484 e. The van der Waals surface area contributed by atoms with Crippen LogP contribution < -0.4 is 4.74 Å². The van der Waals surface area contributed by atoms with Crippen LogP contribution in [0.3, 0.4) is 0 Å². The number of hydrogen-bond acceptors (Lipinski definition) is 7. The molecule has 0 spiro atoms. The molecule has 144 valence electrons. The number of hydrogen-bond donors (Lipinski definition) is 0. The molecule has 0 fully saturated rings. The summed E-state index contributed by atoms with van der Waals surface area (Å²) in [5.74, 6) is -1.28. The van der Waals surface area contributed by atoms with Crippen molar-refractivity contribution in [3.63, 3.8) is 0 Å². The van der Waals surface area contributed by atoms with Gasteiger partial charge in [-0.25, -0.2) is 9.59 Å². The molecule has 0 radical (unpaired) electrons. The first-order chi connectivity index (χ1) is 12.8. The van der Waals surface area contributed by atoms with Gasteiger partial charge in [0, 0.05) is 11.9 Å². The molecule has 1 amide bonds. The first-order valence-electron chi connectivity index (χ1n) is 8.07. The Morgan fingerprint density at radius 3 is 2.11 bits per heavy atom. The Morgan fingerprint density at radius 2 is 1.63 bits per heavy atom. The van der Waals surface area contributed by atoms with E-state index in [0.29, 0.717) is 6.54 Å². The molecular formula is C19H21NO6S. The van der Waals surface area contributed by atoms with E-state index in [2.05, 4.69) is 9.47 Å². The molecule has 1 aromatic carbocycles. The van der Waals surface area contributed by atoms with Crippen LogP contribution in [0.15, 0.2) is 29.6 Å². The third kappa shape index (κ3) is 5.30. The Bertz CT molecular complexity index is 810. The van der Waals surface area contributed by atoms with Gasteiger partial charge < -0.3 is 19.1 Å². The zero-order chi connectivity index (χ0) is 20.0. The average molecular weight is 391 g/mol. The fraction of sp³-hybridized carbons (Fsp3) is 0.316. The van der Waals surface area contributed by atoms with Crippen molar-refractivity contribution in [3.05, 3.63) is 51.2 Å². The number of aryl methyl sites for hydroxylation is 1. The highest BCUT2D eigenvalue weighted by molar-refractivity contribution is 7.10. The molecule has 7 nitrogen and oxygen atoms in total. The van der Waals surface area contributed by atoms with Crippen LogP contribution in [-0.4, -0.2) is 50.6 Å². The van der Waals surface area contributed by atoms with Gasteiger partial charge in [0.05, 0.1) is 31.9 Å². The molecule has 8 heteroatoms. The second-order valence-electron chi connectivity index (χ2n) is 5.79. The predicted octanol–water partition coefficient (Wildman–Crippen LogP) is 2.67. The Kier molecular flexibility index (Phi) is 6.95. The van der Waals surface area contributed by atoms with E-state index < -0.39 is 11.9 Å². The van der Waals surface area contributed by atoms with E-state index in [-0.39, 0.29) is 29.4 Å². The van der Waals surface area contributed by atoms with Crippen LogP contribution in [0.5, 0.6) is 5.75 Å². The predicted molar refractivity (Wildman–Crippen MR) is 100 cm³/mol. The van der Waals surface area contributed by atoms with E-state index in [9.17, 15) is 14.4 Å². The molecule has 1 aromatic heterocycles. The summed E-state index contributed by atoms with van der Waals surface area (Å²) < 4.78 is 14.9. The summed E-state index contributed by atoms with van der Waals surface area (Å²) in [6.45, 7) is 2.25. The van der Waals surface area contributed by atoms with Crippen LogP contribution in [0.4, 0.5) is 0 Å². The van der Waals surface area contributed by atoms with Gasteiger partial charge in [0.15, 0.2) is 6.61 Å². The quantitative estimate of drug-likeness (QED) is 0.675. The Hall–Kier alpha value is -2.87. The van der Waals surface area contributed by atoms with Crippen LogP contribution in [0.2, 0.25) is 0 Å². The van der Waals surface area contributed by atoms with Gasteiger partial charge in [-0.2, -0.15) is 0 Å². The summed E-state index contributed by atoms with van der Waals surface area (Å²) in [7, 11) is 4.16. The van der Waals surface area contributed by atoms with Gasteiger partial charge in [0.25, 0.3) is 5.91 Å². The summed E-state index contributed by atoms with van der Waals surface area (Å²) in [5, 5.41) is 1.98. The van der Waals surface area contributed by atoms with Gasteiger partial charge >= 0.3 is 11.9 Å². The second-order valence-corrected chi connectivity index (χ2v) is 6.80. The molecule has 0 N–H and O–H groups in total. The Balaban J connectivity index is 2.09. The number of thiophene rings is 1. The first kappa shape index (κ1) is 20.4. The van der Waals surface area contributed by atoms with Crippen LogP contribution >= 0.6 is 11.3 Å².